The molecular weight excluding hydrogens is 224 g/mol. The van der Waals surface area contributed by atoms with Crippen LogP contribution in [0, 0.1) is 0 Å². The number of H-pyrrole nitrogens is 1. The van der Waals surface area contributed by atoms with E-state index >= 15 is 0 Å². The van der Waals surface area contributed by atoms with Crippen LogP contribution in [0.25, 0.3) is 10.6 Å². The molecule has 0 unspecified atom stereocenters. The van der Waals surface area contributed by atoms with E-state index < -0.39 is 5.97 Å². The molecule has 2 N–H and O–H groups in total. The topological polar surface area (TPSA) is 66.0 Å². The van der Waals surface area contributed by atoms with Gasteiger partial charge in [-0.15, -0.1) is 11.3 Å². The SMILES string of the molecule is O=C(O)c1c(-c2cccs2)n[nH]c1Cl. The molecule has 0 radical (unpaired) electrons. The van der Waals surface area contributed by atoms with Crippen LogP contribution < -0.4 is 0 Å². The summed E-state index contributed by atoms with van der Waals surface area (Å²) in [6.45, 7) is 0. The number of rotatable bonds is 2. The number of nitrogens with one attached hydrogen (secondary N) is 1. The zero-order chi connectivity index (χ0) is 10.1. The molecule has 0 aromatic carbocycles. The van der Waals surface area contributed by atoms with E-state index in [1.165, 1.54) is 11.3 Å². The second-order valence-electron chi connectivity index (χ2n) is 2.54. The van der Waals surface area contributed by atoms with Gasteiger partial charge in [-0.3, -0.25) is 5.10 Å². The number of hydrogen-bond acceptors (Lipinski definition) is 3. The van der Waals surface area contributed by atoms with Crippen molar-refractivity contribution in [2.75, 3.05) is 0 Å². The fourth-order valence-corrected chi connectivity index (χ4v) is 2.04. The molecule has 14 heavy (non-hydrogen) atoms. The third kappa shape index (κ3) is 1.40. The Labute approximate surface area is 88.2 Å². The monoisotopic (exact) mass is 228 g/mol. The summed E-state index contributed by atoms with van der Waals surface area (Å²) in [6, 6.07) is 3.62. The van der Waals surface area contributed by atoms with Gasteiger partial charge in [-0.25, -0.2) is 4.79 Å². The number of carboxylic acids is 1. The summed E-state index contributed by atoms with van der Waals surface area (Å²) in [5.41, 5.74) is 0.409. The lowest BCUT2D eigenvalue weighted by atomic mass is 10.2. The summed E-state index contributed by atoms with van der Waals surface area (Å²) < 4.78 is 0. The predicted octanol–water partition coefficient (Wildman–Crippen LogP) is 2.49. The molecular formula is C8H5ClN2O2S. The number of hydrogen-bond donors (Lipinski definition) is 2. The maximum Gasteiger partial charge on any atom is 0.341 e. The number of aromatic carboxylic acids is 1. The summed E-state index contributed by atoms with van der Waals surface area (Å²) in [7, 11) is 0. The highest BCUT2D eigenvalue weighted by atomic mass is 35.5. The first-order valence-electron chi connectivity index (χ1n) is 3.71. The summed E-state index contributed by atoms with van der Waals surface area (Å²) in [4.78, 5) is 11.6. The molecule has 2 heterocycles. The molecule has 0 bridgehead atoms. The van der Waals surface area contributed by atoms with Gasteiger partial charge in [0.15, 0.2) is 0 Å². The van der Waals surface area contributed by atoms with Crippen molar-refractivity contribution in [1.82, 2.24) is 10.2 Å². The van der Waals surface area contributed by atoms with E-state index in [4.69, 9.17) is 16.7 Å². The fraction of sp³-hybridized carbons (Fsp3) is 0. The maximum atomic E-state index is 10.9. The molecule has 0 atom stereocenters. The summed E-state index contributed by atoms with van der Waals surface area (Å²) in [5.74, 6) is -1.08. The van der Waals surface area contributed by atoms with Crippen molar-refractivity contribution in [2.24, 2.45) is 0 Å². The molecule has 0 aliphatic rings. The van der Waals surface area contributed by atoms with Gasteiger partial charge in [0.1, 0.15) is 16.4 Å². The van der Waals surface area contributed by atoms with E-state index in [9.17, 15) is 4.79 Å². The Morgan fingerprint density at radius 2 is 2.43 bits per heavy atom. The molecule has 2 aromatic heterocycles. The normalized spacial score (nSPS) is 10.4. The lowest BCUT2D eigenvalue weighted by Gasteiger charge is -1.93. The van der Waals surface area contributed by atoms with Crippen molar-refractivity contribution in [1.29, 1.82) is 0 Å². The van der Waals surface area contributed by atoms with Gasteiger partial charge in [-0.2, -0.15) is 5.10 Å². The highest BCUT2D eigenvalue weighted by Crippen LogP contribution is 2.29. The summed E-state index contributed by atoms with van der Waals surface area (Å²) >= 11 is 7.08. The molecule has 0 aliphatic carbocycles. The quantitative estimate of drug-likeness (QED) is 0.830. The second-order valence-corrected chi connectivity index (χ2v) is 3.87. The third-order valence-electron chi connectivity index (χ3n) is 1.69. The van der Waals surface area contributed by atoms with E-state index in [1.54, 1.807) is 6.07 Å². The first-order chi connectivity index (χ1) is 6.70. The Morgan fingerprint density at radius 3 is 3.00 bits per heavy atom. The van der Waals surface area contributed by atoms with E-state index in [0.29, 0.717) is 5.69 Å². The second kappa shape index (κ2) is 3.43. The first-order valence-corrected chi connectivity index (χ1v) is 4.97. The number of thiophene rings is 1. The van der Waals surface area contributed by atoms with Crippen LogP contribution in [0.1, 0.15) is 10.4 Å². The third-order valence-corrected chi connectivity index (χ3v) is 2.84. The minimum absolute atomic E-state index is 0.0223. The lowest BCUT2D eigenvalue weighted by Crippen LogP contribution is -1.96. The highest BCUT2D eigenvalue weighted by molar-refractivity contribution is 7.13. The van der Waals surface area contributed by atoms with Gasteiger partial charge >= 0.3 is 5.97 Å². The number of carboxylic acid groups (broad SMARTS) is 1. The molecule has 2 aromatic rings. The zero-order valence-electron chi connectivity index (χ0n) is 6.82. The molecule has 2 rings (SSSR count). The maximum absolute atomic E-state index is 10.9. The first kappa shape index (κ1) is 9.23. The molecule has 6 heteroatoms. The van der Waals surface area contributed by atoms with Crippen LogP contribution in [0.3, 0.4) is 0 Å². The molecule has 72 valence electrons. The van der Waals surface area contributed by atoms with Crippen LogP contribution in [0.5, 0.6) is 0 Å². The molecule has 4 nitrogen and oxygen atoms in total. The number of halogens is 1. The Kier molecular flexibility index (Phi) is 2.26. The van der Waals surface area contributed by atoms with Gasteiger partial charge < -0.3 is 5.11 Å². The van der Waals surface area contributed by atoms with Crippen molar-refractivity contribution in [3.8, 4) is 10.6 Å². The lowest BCUT2D eigenvalue weighted by molar-refractivity contribution is 0.0698. The van der Waals surface area contributed by atoms with Crippen LogP contribution >= 0.6 is 22.9 Å². The number of aromatic nitrogens is 2. The Balaban J connectivity index is 2.60. The van der Waals surface area contributed by atoms with Crippen LogP contribution in [0.4, 0.5) is 0 Å². The van der Waals surface area contributed by atoms with Crippen LogP contribution in [0.2, 0.25) is 5.15 Å². The van der Waals surface area contributed by atoms with Gasteiger partial charge in [0, 0.05) is 0 Å². The van der Waals surface area contributed by atoms with E-state index in [0.717, 1.165) is 4.88 Å². The number of carbonyl (C=O) groups is 1. The van der Waals surface area contributed by atoms with Crippen LogP contribution in [-0.2, 0) is 0 Å². The summed E-state index contributed by atoms with van der Waals surface area (Å²) in [6.07, 6.45) is 0. The number of aromatic amines is 1. The van der Waals surface area contributed by atoms with E-state index in [-0.39, 0.29) is 10.7 Å². The molecule has 0 saturated carbocycles. The number of nitrogens with zero attached hydrogens (tertiary/aromatic N) is 1. The average molecular weight is 229 g/mol. The largest absolute Gasteiger partial charge is 0.478 e. The standard InChI is InChI=1S/C8H5ClN2O2S/c9-7-5(8(12)13)6(10-11-7)4-2-1-3-14-4/h1-3H,(H,10,11)(H,12,13). The van der Waals surface area contributed by atoms with Gasteiger partial charge in [0.2, 0.25) is 0 Å². The van der Waals surface area contributed by atoms with Crippen LogP contribution in [-0.4, -0.2) is 21.3 Å². The Bertz CT molecular complexity index is 464. The minimum atomic E-state index is -1.08. The Hall–Kier alpha value is -1.33. The molecule has 0 fully saturated rings. The van der Waals surface area contributed by atoms with Gasteiger partial charge in [-0.05, 0) is 11.4 Å². The van der Waals surface area contributed by atoms with Crippen molar-refractivity contribution >= 4 is 28.9 Å². The van der Waals surface area contributed by atoms with Crippen molar-refractivity contribution in [3.63, 3.8) is 0 Å². The van der Waals surface area contributed by atoms with Gasteiger partial charge in [0.25, 0.3) is 0 Å². The van der Waals surface area contributed by atoms with Crippen molar-refractivity contribution in [2.45, 2.75) is 0 Å². The molecule has 0 saturated heterocycles. The smallest absolute Gasteiger partial charge is 0.341 e. The van der Waals surface area contributed by atoms with Gasteiger partial charge in [-0.1, -0.05) is 17.7 Å². The van der Waals surface area contributed by atoms with Crippen LogP contribution in [0.15, 0.2) is 17.5 Å². The zero-order valence-corrected chi connectivity index (χ0v) is 8.39. The average Bonchev–Trinajstić information content (AvgIpc) is 2.70. The van der Waals surface area contributed by atoms with Crippen molar-refractivity contribution < 1.29 is 9.90 Å². The summed E-state index contributed by atoms with van der Waals surface area (Å²) in [5, 5.41) is 17.1. The van der Waals surface area contributed by atoms with Gasteiger partial charge in [0.05, 0.1) is 4.88 Å². The highest BCUT2D eigenvalue weighted by Gasteiger charge is 2.20. The predicted molar refractivity (Wildman–Crippen MR) is 53.9 cm³/mol. The minimum Gasteiger partial charge on any atom is -0.478 e. The van der Waals surface area contributed by atoms with Crippen molar-refractivity contribution in [3.05, 3.63) is 28.2 Å². The Morgan fingerprint density at radius 1 is 1.64 bits per heavy atom. The molecule has 0 aliphatic heterocycles. The fourth-order valence-electron chi connectivity index (χ4n) is 1.11. The van der Waals surface area contributed by atoms with E-state index in [1.807, 2.05) is 11.4 Å². The molecule has 0 spiro atoms. The van der Waals surface area contributed by atoms with E-state index in [2.05, 4.69) is 10.2 Å². The molecule has 0 amide bonds.